The molecule has 20 heavy (non-hydrogen) atoms. The zero-order valence-corrected chi connectivity index (χ0v) is 12.4. The fourth-order valence-corrected chi connectivity index (χ4v) is 3.25. The molecule has 1 aromatic heterocycles. The van der Waals surface area contributed by atoms with E-state index in [0.29, 0.717) is 5.82 Å². The number of pyridine rings is 1. The highest BCUT2D eigenvalue weighted by atomic mass is 35.5. The summed E-state index contributed by atoms with van der Waals surface area (Å²) < 4.78 is 37.8. The molecule has 1 fully saturated rings. The van der Waals surface area contributed by atoms with Gasteiger partial charge in [-0.05, 0) is 18.9 Å². The van der Waals surface area contributed by atoms with Crippen molar-refractivity contribution >= 4 is 29.0 Å². The topological polar surface area (TPSA) is 16.1 Å². The lowest BCUT2D eigenvalue weighted by molar-refractivity contribution is -0.137. The Hall–Kier alpha value is -0.680. The molecule has 2 nitrogen and oxygen atoms in total. The zero-order chi connectivity index (χ0) is 14.9. The molecule has 2 rings (SSSR count). The quantitative estimate of drug-likeness (QED) is 0.730. The summed E-state index contributed by atoms with van der Waals surface area (Å²) >= 11 is 12.2. The van der Waals surface area contributed by atoms with Gasteiger partial charge in [0.15, 0.2) is 0 Å². The molecule has 2 atom stereocenters. The van der Waals surface area contributed by atoms with Crippen LogP contribution in [0.4, 0.5) is 19.0 Å². The van der Waals surface area contributed by atoms with Crippen molar-refractivity contribution in [2.24, 2.45) is 0 Å². The number of nitrogens with zero attached hydrogens (tertiary/aromatic N) is 2. The van der Waals surface area contributed by atoms with E-state index in [1.54, 1.807) is 11.9 Å². The second-order valence-electron chi connectivity index (χ2n) is 5.01. The number of anilines is 1. The summed E-state index contributed by atoms with van der Waals surface area (Å²) in [5, 5.41) is -0.0364. The monoisotopic (exact) mass is 326 g/mol. The minimum atomic E-state index is -4.44. The van der Waals surface area contributed by atoms with Crippen LogP contribution in [0.5, 0.6) is 0 Å². The smallest absolute Gasteiger partial charge is 0.354 e. The molecule has 7 heteroatoms. The Labute approximate surface area is 125 Å². The summed E-state index contributed by atoms with van der Waals surface area (Å²) in [5.74, 6) is 0.345. The van der Waals surface area contributed by atoms with Gasteiger partial charge in [0.25, 0.3) is 0 Å². The molecule has 0 amide bonds. The van der Waals surface area contributed by atoms with Gasteiger partial charge in [0.1, 0.15) is 5.82 Å². The van der Waals surface area contributed by atoms with Gasteiger partial charge in [-0.25, -0.2) is 4.98 Å². The molecule has 0 spiro atoms. The average Bonchev–Trinajstić information content (AvgIpc) is 2.37. The molecule has 0 aliphatic heterocycles. The van der Waals surface area contributed by atoms with Gasteiger partial charge in [-0.1, -0.05) is 24.4 Å². The Bertz CT molecular complexity index is 479. The third-order valence-electron chi connectivity index (χ3n) is 3.63. The highest BCUT2D eigenvalue weighted by Crippen LogP contribution is 2.35. The molecular weight excluding hydrogens is 312 g/mol. The van der Waals surface area contributed by atoms with Crippen LogP contribution < -0.4 is 4.90 Å². The first-order valence-corrected chi connectivity index (χ1v) is 7.22. The molecule has 1 aliphatic rings. The van der Waals surface area contributed by atoms with E-state index in [-0.39, 0.29) is 16.4 Å². The normalized spacial score (nSPS) is 23.7. The van der Waals surface area contributed by atoms with Gasteiger partial charge in [-0.2, -0.15) is 13.2 Å². The van der Waals surface area contributed by atoms with Crippen LogP contribution in [-0.4, -0.2) is 23.5 Å². The molecule has 0 radical (unpaired) electrons. The van der Waals surface area contributed by atoms with Crippen molar-refractivity contribution in [2.75, 3.05) is 11.9 Å². The first-order chi connectivity index (χ1) is 9.30. The SMILES string of the molecule is CN(c1ncc(C(F)(F)F)cc1Cl)C1CCCCC1Cl. The minimum absolute atomic E-state index is 0.00300. The van der Waals surface area contributed by atoms with Gasteiger partial charge < -0.3 is 4.90 Å². The Morgan fingerprint density at radius 3 is 2.50 bits per heavy atom. The highest BCUT2D eigenvalue weighted by molar-refractivity contribution is 6.33. The van der Waals surface area contributed by atoms with Crippen molar-refractivity contribution in [3.8, 4) is 0 Å². The van der Waals surface area contributed by atoms with Crippen LogP contribution in [0.3, 0.4) is 0 Å². The van der Waals surface area contributed by atoms with Crippen molar-refractivity contribution < 1.29 is 13.2 Å². The molecule has 0 aromatic carbocycles. The fraction of sp³-hybridized carbons (Fsp3) is 0.615. The number of hydrogen-bond donors (Lipinski definition) is 0. The zero-order valence-electron chi connectivity index (χ0n) is 10.9. The van der Waals surface area contributed by atoms with Crippen LogP contribution in [0.15, 0.2) is 12.3 Å². The molecule has 1 aromatic rings. The summed E-state index contributed by atoms with van der Waals surface area (Å²) in [4.78, 5) is 5.66. The van der Waals surface area contributed by atoms with Crippen LogP contribution >= 0.6 is 23.2 Å². The predicted molar refractivity (Wildman–Crippen MR) is 74.5 cm³/mol. The summed E-state index contributed by atoms with van der Waals surface area (Å²) in [6, 6.07) is 0.957. The average molecular weight is 327 g/mol. The number of rotatable bonds is 2. The van der Waals surface area contributed by atoms with E-state index in [1.165, 1.54) is 0 Å². The molecule has 0 bridgehead atoms. The standard InChI is InChI=1S/C13H15Cl2F3N2/c1-20(11-5-3-2-4-9(11)14)12-10(15)6-8(7-19-12)13(16,17)18/h6-7,9,11H,2-5H2,1H3. The van der Waals surface area contributed by atoms with Crippen LogP contribution in [0, 0.1) is 0 Å². The lowest BCUT2D eigenvalue weighted by Gasteiger charge is -2.36. The largest absolute Gasteiger partial charge is 0.417 e. The summed E-state index contributed by atoms with van der Waals surface area (Å²) in [5.41, 5.74) is -0.842. The first-order valence-electron chi connectivity index (χ1n) is 6.40. The van der Waals surface area contributed by atoms with E-state index < -0.39 is 11.7 Å². The number of aromatic nitrogens is 1. The Kier molecular flexibility index (Phi) is 4.69. The third kappa shape index (κ3) is 3.31. The lowest BCUT2D eigenvalue weighted by atomic mass is 9.94. The van der Waals surface area contributed by atoms with E-state index in [0.717, 1.165) is 37.9 Å². The second kappa shape index (κ2) is 5.98. The van der Waals surface area contributed by atoms with E-state index >= 15 is 0 Å². The van der Waals surface area contributed by atoms with Crippen LogP contribution in [0.25, 0.3) is 0 Å². The van der Waals surface area contributed by atoms with Gasteiger partial charge in [0.2, 0.25) is 0 Å². The number of hydrogen-bond acceptors (Lipinski definition) is 2. The van der Waals surface area contributed by atoms with E-state index in [4.69, 9.17) is 23.2 Å². The van der Waals surface area contributed by atoms with Crippen molar-refractivity contribution in [1.82, 2.24) is 4.98 Å². The van der Waals surface area contributed by atoms with E-state index in [2.05, 4.69) is 4.98 Å². The summed E-state index contributed by atoms with van der Waals surface area (Å²) in [6.45, 7) is 0. The predicted octanol–water partition coefficient (Wildman–Crippen LogP) is 4.74. The van der Waals surface area contributed by atoms with Gasteiger partial charge in [0.05, 0.1) is 16.0 Å². The molecule has 1 saturated carbocycles. The maximum Gasteiger partial charge on any atom is 0.417 e. The fourth-order valence-electron chi connectivity index (χ4n) is 2.50. The van der Waals surface area contributed by atoms with Crippen molar-refractivity contribution in [3.63, 3.8) is 0 Å². The lowest BCUT2D eigenvalue weighted by Crippen LogP contribution is -2.41. The van der Waals surface area contributed by atoms with Crippen LogP contribution in [0.1, 0.15) is 31.2 Å². The van der Waals surface area contributed by atoms with Crippen molar-refractivity contribution in [1.29, 1.82) is 0 Å². The van der Waals surface area contributed by atoms with Gasteiger partial charge >= 0.3 is 6.18 Å². The van der Waals surface area contributed by atoms with Crippen molar-refractivity contribution in [3.05, 3.63) is 22.8 Å². The molecule has 1 aliphatic carbocycles. The van der Waals surface area contributed by atoms with E-state index in [9.17, 15) is 13.2 Å². The van der Waals surface area contributed by atoms with Gasteiger partial charge in [-0.3, -0.25) is 0 Å². The van der Waals surface area contributed by atoms with Crippen molar-refractivity contribution in [2.45, 2.75) is 43.3 Å². The van der Waals surface area contributed by atoms with E-state index in [1.807, 2.05) is 0 Å². The molecule has 2 unspecified atom stereocenters. The molecular formula is C13H15Cl2F3N2. The maximum atomic E-state index is 12.6. The number of alkyl halides is 4. The third-order valence-corrected chi connectivity index (χ3v) is 4.42. The highest BCUT2D eigenvalue weighted by Gasteiger charge is 2.33. The summed E-state index contributed by atoms with van der Waals surface area (Å²) in [7, 11) is 1.77. The van der Waals surface area contributed by atoms with Crippen LogP contribution in [-0.2, 0) is 6.18 Å². The minimum Gasteiger partial charge on any atom is -0.354 e. The Morgan fingerprint density at radius 1 is 1.30 bits per heavy atom. The second-order valence-corrected chi connectivity index (χ2v) is 5.97. The molecule has 112 valence electrons. The maximum absolute atomic E-state index is 12.6. The summed E-state index contributed by atoms with van der Waals surface area (Å²) in [6.07, 6.45) is 0.291. The van der Waals surface area contributed by atoms with Gasteiger partial charge in [-0.15, -0.1) is 11.6 Å². The molecule has 1 heterocycles. The van der Waals surface area contributed by atoms with Crippen LogP contribution in [0.2, 0.25) is 5.02 Å². The Balaban J connectivity index is 2.24. The Morgan fingerprint density at radius 2 is 1.95 bits per heavy atom. The number of halogens is 5. The molecule has 0 N–H and O–H groups in total. The molecule has 0 saturated heterocycles. The first kappa shape index (κ1) is 15.7. The van der Waals surface area contributed by atoms with Gasteiger partial charge in [0, 0.05) is 19.3 Å².